The summed E-state index contributed by atoms with van der Waals surface area (Å²) < 4.78 is 11.2. The van der Waals surface area contributed by atoms with Gasteiger partial charge in [-0.1, -0.05) is 36.4 Å². The fourth-order valence-electron chi connectivity index (χ4n) is 3.86. The summed E-state index contributed by atoms with van der Waals surface area (Å²) in [5, 5.41) is 6.25. The molecule has 7 heteroatoms. The van der Waals surface area contributed by atoms with Gasteiger partial charge >= 0.3 is 0 Å². The van der Waals surface area contributed by atoms with Crippen molar-refractivity contribution in [3.05, 3.63) is 89.4 Å². The van der Waals surface area contributed by atoms with Crippen LogP contribution in [0.4, 0.5) is 5.69 Å². The molecule has 0 spiro atoms. The first-order valence-electron chi connectivity index (χ1n) is 11.3. The summed E-state index contributed by atoms with van der Waals surface area (Å²) >= 11 is 0. The smallest absolute Gasteiger partial charge is 0.291 e. The van der Waals surface area contributed by atoms with E-state index in [9.17, 15) is 4.79 Å². The molecule has 2 heterocycles. The van der Waals surface area contributed by atoms with Crippen LogP contribution in [-0.4, -0.2) is 43.0 Å². The van der Waals surface area contributed by atoms with Gasteiger partial charge in [-0.05, 0) is 54.8 Å². The molecule has 4 rings (SSSR count). The van der Waals surface area contributed by atoms with Crippen LogP contribution in [0.25, 0.3) is 0 Å². The lowest BCUT2D eigenvalue weighted by atomic mass is 10.0. The number of aryl methyl sites for hydroxylation is 1. The van der Waals surface area contributed by atoms with Gasteiger partial charge in [0.2, 0.25) is 0 Å². The number of amides is 1. The lowest BCUT2D eigenvalue weighted by molar-refractivity contribution is -0.00834. The predicted octanol–water partition coefficient (Wildman–Crippen LogP) is 4.38. The van der Waals surface area contributed by atoms with Gasteiger partial charge in [-0.15, -0.1) is 0 Å². The molecule has 1 amide bonds. The van der Waals surface area contributed by atoms with Gasteiger partial charge in [0.25, 0.3) is 5.91 Å². The Kier molecular flexibility index (Phi) is 7.42. The van der Waals surface area contributed by atoms with E-state index in [0.717, 1.165) is 31.2 Å². The maximum atomic E-state index is 12.1. The number of hydrogen-bond acceptors (Lipinski definition) is 4. The second-order valence-corrected chi connectivity index (χ2v) is 7.96. The van der Waals surface area contributed by atoms with Crippen molar-refractivity contribution < 1.29 is 13.9 Å². The molecule has 172 valence electrons. The first-order chi connectivity index (χ1) is 16.1. The summed E-state index contributed by atoms with van der Waals surface area (Å²) in [6, 6.07) is 19.4. The first kappa shape index (κ1) is 22.6. The Hall–Kier alpha value is -3.58. The van der Waals surface area contributed by atoms with Crippen LogP contribution in [0.2, 0.25) is 0 Å². The largest absolute Gasteiger partial charge is 0.459 e. The van der Waals surface area contributed by atoms with Gasteiger partial charge in [-0.3, -0.25) is 4.79 Å². The van der Waals surface area contributed by atoms with Gasteiger partial charge < -0.3 is 24.7 Å². The highest BCUT2D eigenvalue weighted by Crippen LogP contribution is 2.25. The third-order valence-corrected chi connectivity index (χ3v) is 5.60. The molecule has 1 aliphatic rings. The summed E-state index contributed by atoms with van der Waals surface area (Å²) in [5.41, 5.74) is 4.24. The van der Waals surface area contributed by atoms with Gasteiger partial charge in [-0.2, -0.15) is 0 Å². The Morgan fingerprint density at radius 1 is 1.12 bits per heavy atom. The van der Waals surface area contributed by atoms with Crippen molar-refractivity contribution in [3.8, 4) is 0 Å². The van der Waals surface area contributed by atoms with E-state index in [1.807, 2.05) is 24.3 Å². The summed E-state index contributed by atoms with van der Waals surface area (Å²) in [5.74, 6) is 0.902. The number of morpholine rings is 1. The number of nitrogens with zero attached hydrogens (tertiary/aromatic N) is 2. The molecule has 0 bridgehead atoms. The van der Waals surface area contributed by atoms with Crippen LogP contribution >= 0.6 is 0 Å². The zero-order valence-corrected chi connectivity index (χ0v) is 19.1. The van der Waals surface area contributed by atoms with Gasteiger partial charge in [0, 0.05) is 18.8 Å². The van der Waals surface area contributed by atoms with Crippen molar-refractivity contribution in [2.24, 2.45) is 4.99 Å². The quantitative estimate of drug-likeness (QED) is 0.434. The van der Waals surface area contributed by atoms with E-state index < -0.39 is 0 Å². The Morgan fingerprint density at radius 2 is 1.94 bits per heavy atom. The number of carbonyl (C=O) groups excluding carboxylic acids is 1. The maximum absolute atomic E-state index is 12.1. The van der Waals surface area contributed by atoms with Crippen molar-refractivity contribution in [1.29, 1.82) is 0 Å². The molecule has 2 aromatic carbocycles. The van der Waals surface area contributed by atoms with Crippen LogP contribution in [0.3, 0.4) is 0 Å². The molecule has 1 atom stereocenters. The molecule has 2 N–H and O–H groups in total. The number of aliphatic imine (C=N–C) groups is 1. The van der Waals surface area contributed by atoms with Crippen molar-refractivity contribution in [1.82, 2.24) is 10.2 Å². The highest BCUT2D eigenvalue weighted by atomic mass is 16.5. The molecular weight excluding hydrogens is 416 g/mol. The third kappa shape index (κ3) is 5.81. The minimum Gasteiger partial charge on any atom is -0.459 e. The average Bonchev–Trinajstić information content (AvgIpc) is 3.38. The molecule has 1 saturated heterocycles. The number of guanidine groups is 1. The molecule has 0 radical (unpaired) electrons. The number of furan rings is 1. The van der Waals surface area contributed by atoms with E-state index in [1.165, 1.54) is 17.4 Å². The minimum absolute atomic E-state index is 0.0286. The number of hydrogen-bond donors (Lipinski definition) is 2. The van der Waals surface area contributed by atoms with Crippen molar-refractivity contribution in [2.75, 3.05) is 31.6 Å². The average molecular weight is 447 g/mol. The van der Waals surface area contributed by atoms with Crippen molar-refractivity contribution >= 4 is 17.6 Å². The number of nitrogens with one attached hydrogen (secondary N) is 2. The first-order valence-corrected chi connectivity index (χ1v) is 11.3. The fourth-order valence-corrected chi connectivity index (χ4v) is 3.86. The van der Waals surface area contributed by atoms with Gasteiger partial charge in [-0.25, -0.2) is 4.99 Å². The molecular formula is C26H30N4O3. The van der Waals surface area contributed by atoms with Crippen molar-refractivity contribution in [3.63, 3.8) is 0 Å². The van der Waals surface area contributed by atoms with Gasteiger partial charge in [0.1, 0.15) is 6.10 Å². The molecule has 3 aromatic rings. The van der Waals surface area contributed by atoms with Crippen LogP contribution in [0, 0.1) is 6.92 Å². The zero-order chi connectivity index (χ0) is 23.0. The van der Waals surface area contributed by atoms with Crippen LogP contribution in [0.5, 0.6) is 0 Å². The van der Waals surface area contributed by atoms with Gasteiger partial charge in [0.05, 0.1) is 26.0 Å². The lowest BCUT2D eigenvalue weighted by Gasteiger charge is -2.35. The molecule has 1 aromatic heterocycles. The SMILES string of the molecule is CCNC(=NCc1ccc(NC(=O)c2ccco2)cc1)N1CCOC(c2ccccc2C)C1. The van der Waals surface area contributed by atoms with E-state index in [1.54, 1.807) is 12.1 Å². The number of ether oxygens (including phenoxy) is 1. The maximum Gasteiger partial charge on any atom is 0.291 e. The molecule has 33 heavy (non-hydrogen) atoms. The van der Waals surface area contributed by atoms with Gasteiger partial charge in [0.15, 0.2) is 11.7 Å². The van der Waals surface area contributed by atoms with E-state index in [-0.39, 0.29) is 17.8 Å². The minimum atomic E-state index is -0.268. The summed E-state index contributed by atoms with van der Waals surface area (Å²) in [7, 11) is 0. The molecule has 1 unspecified atom stereocenters. The van der Waals surface area contributed by atoms with E-state index in [4.69, 9.17) is 14.1 Å². The normalized spacial score (nSPS) is 16.5. The van der Waals surface area contributed by atoms with E-state index in [2.05, 4.69) is 53.6 Å². The van der Waals surface area contributed by atoms with E-state index >= 15 is 0 Å². The summed E-state index contributed by atoms with van der Waals surface area (Å²) in [6.45, 7) is 7.75. The Bertz CT molecular complexity index is 1080. The topological polar surface area (TPSA) is 79.1 Å². The van der Waals surface area contributed by atoms with Crippen LogP contribution in [0.1, 0.15) is 40.3 Å². The number of anilines is 1. The lowest BCUT2D eigenvalue weighted by Crippen LogP contribution is -2.48. The number of rotatable bonds is 6. The van der Waals surface area contributed by atoms with Crippen LogP contribution in [-0.2, 0) is 11.3 Å². The molecule has 0 aliphatic carbocycles. The van der Waals surface area contributed by atoms with Crippen LogP contribution < -0.4 is 10.6 Å². The highest BCUT2D eigenvalue weighted by molar-refractivity contribution is 6.02. The predicted molar refractivity (Wildman–Crippen MR) is 129 cm³/mol. The zero-order valence-electron chi connectivity index (χ0n) is 19.1. The number of carbonyl (C=O) groups is 1. The molecule has 0 saturated carbocycles. The highest BCUT2D eigenvalue weighted by Gasteiger charge is 2.25. The Morgan fingerprint density at radius 3 is 2.67 bits per heavy atom. The number of benzene rings is 2. The fraction of sp³-hybridized carbons (Fsp3) is 0.308. The second-order valence-electron chi connectivity index (χ2n) is 7.96. The monoisotopic (exact) mass is 446 g/mol. The second kappa shape index (κ2) is 10.8. The Labute approximate surface area is 194 Å². The Balaban J connectivity index is 1.40. The van der Waals surface area contributed by atoms with Crippen molar-refractivity contribution in [2.45, 2.75) is 26.5 Å². The van der Waals surface area contributed by atoms with Crippen LogP contribution in [0.15, 0.2) is 76.3 Å². The summed E-state index contributed by atoms with van der Waals surface area (Å²) in [4.78, 5) is 19.3. The molecule has 7 nitrogen and oxygen atoms in total. The standard InChI is InChI=1S/C26H30N4O3/c1-3-27-26(30-14-16-33-24(18-30)22-8-5-4-7-19(22)2)28-17-20-10-12-21(13-11-20)29-25(31)23-9-6-15-32-23/h4-13,15,24H,3,14,16-18H2,1-2H3,(H,27,28)(H,29,31). The molecule has 1 aliphatic heterocycles. The molecule has 1 fully saturated rings. The van der Waals surface area contributed by atoms with E-state index in [0.29, 0.717) is 18.8 Å². The third-order valence-electron chi connectivity index (χ3n) is 5.60. The summed E-state index contributed by atoms with van der Waals surface area (Å²) in [6.07, 6.45) is 1.51.